The van der Waals surface area contributed by atoms with Crippen molar-refractivity contribution in [3.63, 3.8) is 0 Å². The lowest BCUT2D eigenvalue weighted by molar-refractivity contribution is 0.186. The van der Waals surface area contributed by atoms with Gasteiger partial charge in [-0.1, -0.05) is 36.4 Å². The maximum absolute atomic E-state index is 9.42. The van der Waals surface area contributed by atoms with Crippen LogP contribution in [0.15, 0.2) is 48.5 Å². The van der Waals surface area contributed by atoms with Gasteiger partial charge in [0.05, 0.1) is 12.1 Å². The summed E-state index contributed by atoms with van der Waals surface area (Å²) in [6.45, 7) is 2.96. The van der Waals surface area contributed by atoms with Gasteiger partial charge in [-0.3, -0.25) is 4.57 Å². The van der Waals surface area contributed by atoms with Gasteiger partial charge in [-0.2, -0.15) is 15.0 Å². The SMILES string of the molecule is COCc1cccc2c1cc(C)n2-c1nc(NCc2cccc(B(O)O)c2)nc(N(C)C)n1. The van der Waals surface area contributed by atoms with E-state index in [4.69, 9.17) is 9.72 Å². The zero-order valence-corrected chi connectivity index (χ0v) is 19.1. The minimum Gasteiger partial charge on any atom is -0.423 e. The van der Waals surface area contributed by atoms with Crippen molar-refractivity contribution in [2.45, 2.75) is 20.1 Å². The van der Waals surface area contributed by atoms with E-state index in [1.165, 1.54) is 0 Å². The molecule has 0 radical (unpaired) electrons. The first kappa shape index (κ1) is 22.7. The molecule has 9 nitrogen and oxygen atoms in total. The third-order valence-electron chi connectivity index (χ3n) is 5.33. The summed E-state index contributed by atoms with van der Waals surface area (Å²) in [5.41, 5.74) is 4.40. The van der Waals surface area contributed by atoms with Gasteiger partial charge in [0.25, 0.3) is 0 Å². The average Bonchev–Trinajstić information content (AvgIpc) is 3.14. The number of rotatable bonds is 8. The summed E-state index contributed by atoms with van der Waals surface area (Å²) >= 11 is 0. The molecule has 3 N–H and O–H groups in total. The number of nitrogens with zero attached hydrogens (tertiary/aromatic N) is 5. The highest BCUT2D eigenvalue weighted by Gasteiger charge is 2.16. The molecule has 2 aromatic carbocycles. The molecule has 4 aromatic rings. The Balaban J connectivity index is 1.73. The highest BCUT2D eigenvalue weighted by Crippen LogP contribution is 2.27. The van der Waals surface area contributed by atoms with Crippen molar-refractivity contribution in [1.82, 2.24) is 19.5 Å². The monoisotopic (exact) mass is 446 g/mol. The Labute approximate surface area is 192 Å². The first-order valence-electron chi connectivity index (χ1n) is 10.6. The summed E-state index contributed by atoms with van der Waals surface area (Å²) in [5, 5.41) is 23.2. The second kappa shape index (κ2) is 9.57. The third-order valence-corrected chi connectivity index (χ3v) is 5.33. The molecule has 10 heteroatoms. The Hall–Kier alpha value is -3.47. The second-order valence-corrected chi connectivity index (χ2v) is 8.03. The molecule has 0 bridgehead atoms. The van der Waals surface area contributed by atoms with E-state index in [0.717, 1.165) is 27.7 Å². The van der Waals surface area contributed by atoms with Crippen molar-refractivity contribution in [3.8, 4) is 5.95 Å². The Morgan fingerprint density at radius 1 is 1.06 bits per heavy atom. The lowest BCUT2D eigenvalue weighted by Crippen LogP contribution is -2.30. The van der Waals surface area contributed by atoms with Crippen LogP contribution in [0.4, 0.5) is 11.9 Å². The number of hydrogen-bond donors (Lipinski definition) is 3. The van der Waals surface area contributed by atoms with E-state index in [1.807, 2.05) is 48.7 Å². The van der Waals surface area contributed by atoms with Gasteiger partial charge in [0.15, 0.2) is 0 Å². The minimum absolute atomic E-state index is 0.417. The molecule has 0 amide bonds. The average molecular weight is 446 g/mol. The zero-order chi connectivity index (χ0) is 23.5. The number of hydrogen-bond acceptors (Lipinski definition) is 8. The van der Waals surface area contributed by atoms with Crippen molar-refractivity contribution in [1.29, 1.82) is 0 Å². The molecule has 0 aliphatic carbocycles. The summed E-state index contributed by atoms with van der Waals surface area (Å²) in [4.78, 5) is 15.7. The van der Waals surface area contributed by atoms with Gasteiger partial charge >= 0.3 is 7.12 Å². The van der Waals surface area contributed by atoms with Crippen LogP contribution in [-0.4, -0.2) is 57.9 Å². The number of ether oxygens (including phenoxy) is 1. The fourth-order valence-corrected chi connectivity index (χ4v) is 3.75. The molecular weight excluding hydrogens is 419 g/mol. The van der Waals surface area contributed by atoms with Crippen molar-refractivity contribution in [2.75, 3.05) is 31.4 Å². The number of methoxy groups -OCH3 is 1. The quantitative estimate of drug-likeness (QED) is 0.351. The number of anilines is 2. The molecule has 33 heavy (non-hydrogen) atoms. The largest absolute Gasteiger partial charge is 0.488 e. The van der Waals surface area contributed by atoms with Crippen molar-refractivity contribution in [3.05, 3.63) is 65.4 Å². The van der Waals surface area contributed by atoms with Crippen LogP contribution in [-0.2, 0) is 17.9 Å². The van der Waals surface area contributed by atoms with Crippen LogP contribution in [0.1, 0.15) is 16.8 Å². The Kier molecular flexibility index (Phi) is 6.59. The number of nitrogens with one attached hydrogen (secondary N) is 1. The second-order valence-electron chi connectivity index (χ2n) is 8.03. The number of aryl methyl sites for hydroxylation is 1. The van der Waals surface area contributed by atoms with E-state index in [0.29, 0.717) is 36.5 Å². The molecule has 0 aliphatic rings. The molecule has 0 unspecified atom stereocenters. The van der Waals surface area contributed by atoms with Crippen molar-refractivity contribution < 1.29 is 14.8 Å². The lowest BCUT2D eigenvalue weighted by Gasteiger charge is -2.15. The maximum Gasteiger partial charge on any atom is 0.488 e. The van der Waals surface area contributed by atoms with Gasteiger partial charge in [0.1, 0.15) is 0 Å². The molecule has 0 saturated heterocycles. The molecule has 2 heterocycles. The van der Waals surface area contributed by atoms with Crippen LogP contribution in [0.2, 0.25) is 0 Å². The Bertz CT molecular complexity index is 1270. The van der Waals surface area contributed by atoms with E-state index in [1.54, 1.807) is 25.3 Å². The van der Waals surface area contributed by atoms with Crippen LogP contribution in [0.5, 0.6) is 0 Å². The minimum atomic E-state index is -1.51. The smallest absolute Gasteiger partial charge is 0.423 e. The third kappa shape index (κ3) is 4.82. The molecular formula is C23H27BN6O3. The molecule has 0 spiro atoms. The lowest BCUT2D eigenvalue weighted by atomic mass is 9.80. The predicted octanol–water partition coefficient (Wildman–Crippen LogP) is 1.63. The molecule has 170 valence electrons. The van der Waals surface area contributed by atoms with Crippen LogP contribution in [0.3, 0.4) is 0 Å². The molecule has 0 aliphatic heterocycles. The van der Waals surface area contributed by atoms with E-state index in [-0.39, 0.29) is 0 Å². The fourth-order valence-electron chi connectivity index (χ4n) is 3.75. The Morgan fingerprint density at radius 3 is 2.58 bits per heavy atom. The van der Waals surface area contributed by atoms with Crippen LogP contribution < -0.4 is 15.7 Å². The van der Waals surface area contributed by atoms with E-state index in [2.05, 4.69) is 27.4 Å². The van der Waals surface area contributed by atoms with Crippen LogP contribution in [0.25, 0.3) is 16.9 Å². The Morgan fingerprint density at radius 2 is 1.85 bits per heavy atom. The number of fused-ring (bicyclic) bond motifs is 1. The van der Waals surface area contributed by atoms with Gasteiger partial charge in [0, 0.05) is 38.8 Å². The summed E-state index contributed by atoms with van der Waals surface area (Å²) in [5.74, 6) is 1.46. The topological polar surface area (TPSA) is 109 Å². The summed E-state index contributed by atoms with van der Waals surface area (Å²) < 4.78 is 7.37. The van der Waals surface area contributed by atoms with Gasteiger partial charge < -0.3 is 25.0 Å². The zero-order valence-electron chi connectivity index (χ0n) is 19.1. The van der Waals surface area contributed by atoms with E-state index < -0.39 is 7.12 Å². The summed E-state index contributed by atoms with van der Waals surface area (Å²) in [7, 11) is 3.94. The van der Waals surface area contributed by atoms with Gasteiger partial charge in [-0.15, -0.1) is 0 Å². The van der Waals surface area contributed by atoms with Crippen LogP contribution in [0, 0.1) is 6.92 Å². The van der Waals surface area contributed by atoms with Gasteiger partial charge in [-0.05, 0) is 35.6 Å². The van der Waals surface area contributed by atoms with Crippen LogP contribution >= 0.6 is 0 Å². The van der Waals surface area contributed by atoms with E-state index in [9.17, 15) is 10.0 Å². The fraction of sp³-hybridized carbons (Fsp3) is 0.261. The first-order valence-corrected chi connectivity index (χ1v) is 10.6. The standard InChI is InChI=1S/C23H27BN6O3/c1-15-11-19-17(14-33-4)8-6-10-20(19)30(15)23-27-21(26-22(28-23)29(2)3)25-13-16-7-5-9-18(12-16)24(31)32/h5-12,31-32H,13-14H2,1-4H3,(H,25,26,27,28). The van der Waals surface area contributed by atoms with Gasteiger partial charge in [-0.25, -0.2) is 0 Å². The van der Waals surface area contributed by atoms with E-state index >= 15 is 0 Å². The number of aromatic nitrogens is 4. The highest BCUT2D eigenvalue weighted by molar-refractivity contribution is 6.58. The number of benzene rings is 2. The highest BCUT2D eigenvalue weighted by atomic mass is 16.5. The molecule has 0 saturated carbocycles. The predicted molar refractivity (Wildman–Crippen MR) is 130 cm³/mol. The molecule has 2 aromatic heterocycles. The molecule has 0 fully saturated rings. The summed E-state index contributed by atoms with van der Waals surface area (Å²) in [6, 6.07) is 15.3. The first-order chi connectivity index (χ1) is 15.9. The maximum atomic E-state index is 9.42. The summed E-state index contributed by atoms with van der Waals surface area (Å²) in [6.07, 6.45) is 0. The van der Waals surface area contributed by atoms with Crippen molar-refractivity contribution in [2.24, 2.45) is 0 Å². The van der Waals surface area contributed by atoms with Crippen molar-refractivity contribution >= 4 is 35.4 Å². The normalized spacial score (nSPS) is 11.1. The molecule has 0 atom stereocenters. The molecule has 4 rings (SSSR count). The van der Waals surface area contributed by atoms with Gasteiger partial charge in [0.2, 0.25) is 17.8 Å².